The first-order valence-corrected chi connectivity index (χ1v) is 6.17. The lowest BCUT2D eigenvalue weighted by atomic mass is 9.96. The van der Waals surface area contributed by atoms with Gasteiger partial charge in [0.1, 0.15) is 23.5 Å². The number of aliphatic hydroxyl groups excluding tert-OH is 2. The van der Waals surface area contributed by atoms with Gasteiger partial charge < -0.3 is 29.6 Å². The van der Waals surface area contributed by atoms with Gasteiger partial charge in [0.25, 0.3) is 5.56 Å². The molecule has 1 saturated heterocycles. The van der Waals surface area contributed by atoms with Crippen LogP contribution in [0, 0.1) is 0 Å². The highest BCUT2D eigenvalue weighted by Gasteiger charge is 2.53. The van der Waals surface area contributed by atoms with Crippen LogP contribution in [0.4, 0.5) is 0 Å². The van der Waals surface area contributed by atoms with E-state index in [2.05, 4.69) is 9.97 Å². The van der Waals surface area contributed by atoms with Crippen molar-refractivity contribution in [3.63, 3.8) is 0 Å². The van der Waals surface area contributed by atoms with Crippen LogP contribution in [-0.4, -0.2) is 54.3 Å². The summed E-state index contributed by atoms with van der Waals surface area (Å²) in [6.45, 7) is 0.998. The van der Waals surface area contributed by atoms with Crippen molar-refractivity contribution in [2.75, 3.05) is 6.61 Å². The van der Waals surface area contributed by atoms with Gasteiger partial charge in [-0.2, -0.15) is 0 Å². The van der Waals surface area contributed by atoms with Crippen LogP contribution in [0.15, 0.2) is 23.4 Å². The zero-order valence-electron chi connectivity index (χ0n) is 10.7. The van der Waals surface area contributed by atoms with E-state index in [-0.39, 0.29) is 5.56 Å². The Bertz CT molecular complexity index is 692. The van der Waals surface area contributed by atoms with Gasteiger partial charge in [0.15, 0.2) is 6.23 Å². The van der Waals surface area contributed by atoms with Crippen molar-refractivity contribution in [3.8, 4) is 0 Å². The molecule has 3 rings (SSSR count). The number of rotatable bonds is 2. The van der Waals surface area contributed by atoms with Crippen molar-refractivity contribution in [1.29, 1.82) is 0 Å². The molecule has 20 heavy (non-hydrogen) atoms. The van der Waals surface area contributed by atoms with Crippen LogP contribution in [-0.2, 0) is 4.74 Å². The van der Waals surface area contributed by atoms with E-state index in [0.29, 0.717) is 11.0 Å². The molecule has 8 nitrogen and oxygen atoms in total. The quantitative estimate of drug-likeness (QED) is 0.544. The Labute approximate surface area is 113 Å². The van der Waals surface area contributed by atoms with Gasteiger partial charge in [0.05, 0.1) is 18.3 Å². The van der Waals surface area contributed by atoms with E-state index >= 15 is 0 Å². The Balaban J connectivity index is 2.12. The molecule has 0 saturated carbocycles. The maximum Gasteiger partial charge on any atom is 0.260 e. The van der Waals surface area contributed by atoms with E-state index in [9.17, 15) is 15.0 Å². The molecular weight excluding hydrogens is 266 g/mol. The van der Waals surface area contributed by atoms with Crippen LogP contribution < -0.4 is 5.56 Å². The van der Waals surface area contributed by atoms with Crippen molar-refractivity contribution < 1.29 is 20.1 Å². The van der Waals surface area contributed by atoms with Gasteiger partial charge in [0.2, 0.25) is 0 Å². The first-order valence-electron chi connectivity index (χ1n) is 6.17. The lowest BCUT2D eigenvalue weighted by Crippen LogP contribution is -2.44. The summed E-state index contributed by atoms with van der Waals surface area (Å²) in [6.07, 6.45) is -0.267. The molecule has 0 aliphatic carbocycles. The Kier molecular flexibility index (Phi) is 2.91. The number of ether oxygens (including phenoxy) is 1. The first kappa shape index (κ1) is 13.3. The minimum Gasteiger partial charge on any atom is -0.394 e. The number of hydrogen-bond donors (Lipinski definition) is 4. The molecule has 108 valence electrons. The summed E-state index contributed by atoms with van der Waals surface area (Å²) in [5.74, 6) is 0. The Morgan fingerprint density at radius 2 is 2.35 bits per heavy atom. The van der Waals surface area contributed by atoms with E-state index in [4.69, 9.17) is 9.84 Å². The summed E-state index contributed by atoms with van der Waals surface area (Å²) >= 11 is 0. The molecule has 8 heteroatoms. The second-order valence-corrected chi connectivity index (χ2v) is 5.07. The molecule has 0 radical (unpaired) electrons. The summed E-state index contributed by atoms with van der Waals surface area (Å²) in [5, 5.41) is 29.9. The summed E-state index contributed by atoms with van der Waals surface area (Å²) < 4.78 is 6.97. The lowest BCUT2D eigenvalue weighted by molar-refractivity contribution is -0.0948. The number of H-pyrrole nitrogens is 1. The molecule has 1 aliphatic heterocycles. The largest absolute Gasteiger partial charge is 0.394 e. The predicted molar refractivity (Wildman–Crippen MR) is 68.0 cm³/mol. The number of hydrogen-bond acceptors (Lipinski definition) is 6. The zero-order valence-corrected chi connectivity index (χ0v) is 10.7. The average Bonchev–Trinajstić information content (AvgIpc) is 2.92. The number of nitrogens with one attached hydrogen (secondary N) is 1. The minimum absolute atomic E-state index is 0.300. The second kappa shape index (κ2) is 4.38. The highest BCUT2D eigenvalue weighted by molar-refractivity contribution is 5.74. The van der Waals surface area contributed by atoms with E-state index < -0.39 is 30.6 Å². The predicted octanol–water partition coefficient (Wildman–Crippen LogP) is -1.27. The van der Waals surface area contributed by atoms with Gasteiger partial charge in [-0.15, -0.1) is 0 Å². The van der Waals surface area contributed by atoms with E-state index in [1.807, 2.05) is 0 Å². The monoisotopic (exact) mass is 281 g/mol. The fourth-order valence-electron chi connectivity index (χ4n) is 2.56. The lowest BCUT2D eigenvalue weighted by Gasteiger charge is -2.27. The molecule has 1 aliphatic rings. The van der Waals surface area contributed by atoms with Crippen LogP contribution in [0.3, 0.4) is 0 Å². The Morgan fingerprint density at radius 3 is 3.00 bits per heavy atom. The molecule has 1 fully saturated rings. The maximum absolute atomic E-state index is 11.7. The molecule has 4 atom stereocenters. The SMILES string of the molecule is CC1(O)C(n2ccc3c(=O)[nH]cnc32)OC(CO)[C@H]1O. The fraction of sp³-hybridized carbons (Fsp3) is 0.500. The molecule has 0 aromatic carbocycles. The van der Waals surface area contributed by atoms with Gasteiger partial charge in [-0.25, -0.2) is 4.98 Å². The third-order valence-electron chi connectivity index (χ3n) is 3.70. The standard InChI is InChI=1S/C12H15N3O5/c1-12(19)8(17)7(4-16)20-11(12)15-3-2-6-9(15)13-5-14-10(6)18/h2-3,5,7-8,11,16-17,19H,4H2,1H3,(H,13,14,18)/t7?,8-,11?,12?/m1/s1. The van der Waals surface area contributed by atoms with Gasteiger partial charge in [-0.3, -0.25) is 4.79 Å². The van der Waals surface area contributed by atoms with Gasteiger partial charge >= 0.3 is 0 Å². The van der Waals surface area contributed by atoms with Crippen molar-refractivity contribution in [2.24, 2.45) is 0 Å². The summed E-state index contributed by atoms with van der Waals surface area (Å²) in [5.41, 5.74) is -1.57. The second-order valence-electron chi connectivity index (χ2n) is 5.07. The molecule has 3 unspecified atom stereocenters. The molecule has 0 amide bonds. The van der Waals surface area contributed by atoms with Crippen LogP contribution >= 0.6 is 0 Å². The minimum atomic E-state index is -1.61. The van der Waals surface area contributed by atoms with Crippen LogP contribution in [0.5, 0.6) is 0 Å². The molecule has 0 spiro atoms. The summed E-state index contributed by atoms with van der Waals surface area (Å²) in [7, 11) is 0. The Hall–Kier alpha value is -1.74. The first-order chi connectivity index (χ1) is 9.46. The molecule has 3 heterocycles. The number of fused-ring (bicyclic) bond motifs is 1. The van der Waals surface area contributed by atoms with Gasteiger partial charge in [-0.05, 0) is 13.0 Å². The van der Waals surface area contributed by atoms with Crippen molar-refractivity contribution in [1.82, 2.24) is 14.5 Å². The summed E-state index contributed by atoms with van der Waals surface area (Å²) in [6, 6.07) is 1.55. The van der Waals surface area contributed by atoms with Crippen molar-refractivity contribution >= 4 is 11.0 Å². The number of aromatic nitrogens is 3. The smallest absolute Gasteiger partial charge is 0.260 e. The molecule has 4 N–H and O–H groups in total. The molecule has 2 aromatic rings. The number of nitrogens with zero attached hydrogens (tertiary/aromatic N) is 2. The van der Waals surface area contributed by atoms with Crippen molar-refractivity contribution in [2.45, 2.75) is 31.0 Å². The molecule has 0 bridgehead atoms. The topological polar surface area (TPSA) is 121 Å². The van der Waals surface area contributed by atoms with E-state index in [0.717, 1.165) is 0 Å². The third-order valence-corrected chi connectivity index (χ3v) is 3.70. The molecular formula is C12H15N3O5. The van der Waals surface area contributed by atoms with Crippen LogP contribution in [0.2, 0.25) is 0 Å². The van der Waals surface area contributed by atoms with E-state index in [1.165, 1.54) is 17.8 Å². The summed E-state index contributed by atoms with van der Waals surface area (Å²) in [4.78, 5) is 18.2. The van der Waals surface area contributed by atoms with Gasteiger partial charge in [0, 0.05) is 6.20 Å². The van der Waals surface area contributed by atoms with E-state index in [1.54, 1.807) is 12.3 Å². The van der Waals surface area contributed by atoms with Crippen LogP contribution in [0.25, 0.3) is 11.0 Å². The number of aliphatic hydroxyl groups is 3. The zero-order chi connectivity index (χ0) is 14.5. The third kappa shape index (κ3) is 1.70. The molecule has 2 aromatic heterocycles. The normalized spacial score (nSPS) is 33.9. The fourth-order valence-corrected chi connectivity index (χ4v) is 2.56. The Morgan fingerprint density at radius 1 is 1.60 bits per heavy atom. The highest BCUT2D eigenvalue weighted by atomic mass is 16.6. The van der Waals surface area contributed by atoms with Crippen molar-refractivity contribution in [3.05, 3.63) is 28.9 Å². The van der Waals surface area contributed by atoms with Crippen LogP contribution in [0.1, 0.15) is 13.2 Å². The highest BCUT2D eigenvalue weighted by Crippen LogP contribution is 2.39. The maximum atomic E-state index is 11.7. The van der Waals surface area contributed by atoms with Gasteiger partial charge in [-0.1, -0.05) is 0 Å². The number of aromatic amines is 1. The average molecular weight is 281 g/mol.